The van der Waals surface area contributed by atoms with E-state index in [2.05, 4.69) is 22.2 Å². The van der Waals surface area contributed by atoms with Gasteiger partial charge in [0.25, 0.3) is 5.91 Å². The van der Waals surface area contributed by atoms with Crippen LogP contribution in [0.1, 0.15) is 61.1 Å². The van der Waals surface area contributed by atoms with Crippen molar-refractivity contribution in [1.29, 1.82) is 0 Å². The molecule has 2 aromatic rings. The summed E-state index contributed by atoms with van der Waals surface area (Å²) >= 11 is 0. The van der Waals surface area contributed by atoms with Crippen molar-refractivity contribution < 1.29 is 14.3 Å². The number of ether oxygens (including phenoxy) is 1. The maximum absolute atomic E-state index is 13.5. The molecule has 2 amide bonds. The summed E-state index contributed by atoms with van der Waals surface area (Å²) in [5, 5.41) is 3.22. The van der Waals surface area contributed by atoms with Gasteiger partial charge in [0, 0.05) is 18.8 Å². The summed E-state index contributed by atoms with van der Waals surface area (Å²) in [6, 6.07) is 7.49. The number of benzene rings is 1. The fraction of sp³-hybridized carbons (Fsp3) is 0.455. The summed E-state index contributed by atoms with van der Waals surface area (Å²) in [6.45, 7) is 2.05. The Hall–Kier alpha value is -2.96. The Morgan fingerprint density at radius 2 is 2.17 bits per heavy atom. The van der Waals surface area contributed by atoms with Gasteiger partial charge < -0.3 is 15.0 Å². The van der Waals surface area contributed by atoms with E-state index in [4.69, 9.17) is 4.74 Å². The summed E-state index contributed by atoms with van der Waals surface area (Å²) in [7, 11) is 1.63. The van der Waals surface area contributed by atoms with E-state index in [0.29, 0.717) is 18.5 Å². The zero-order valence-electron chi connectivity index (χ0n) is 16.8. The van der Waals surface area contributed by atoms with Crippen LogP contribution >= 0.6 is 0 Å². The van der Waals surface area contributed by atoms with Gasteiger partial charge in [-0.3, -0.25) is 14.6 Å². The highest BCUT2D eigenvalue weighted by Gasteiger charge is 2.52. The number of rotatable bonds is 3. The van der Waals surface area contributed by atoms with Gasteiger partial charge >= 0.3 is 0 Å². The van der Waals surface area contributed by atoms with Crippen molar-refractivity contribution in [2.24, 2.45) is 0 Å². The molecule has 1 aromatic heterocycles. The first-order chi connectivity index (χ1) is 14.0. The van der Waals surface area contributed by atoms with Gasteiger partial charge in [-0.15, -0.1) is 0 Å². The number of likely N-dealkylation sites (tertiary alicyclic amines) is 1. The maximum Gasteiger partial charge on any atom is 0.274 e. The minimum Gasteiger partial charge on any atom is -0.497 e. The molecule has 0 bridgehead atoms. The SMILES string of the molecule is COc1cccc([C@@H]2C[C@]3(C)NC(=O)CCCC[C@@H]3N2C(=O)c2cnccn2)c1. The van der Waals surface area contributed by atoms with Crippen molar-refractivity contribution in [3.8, 4) is 5.75 Å². The third-order valence-corrected chi connectivity index (χ3v) is 6.08. The lowest BCUT2D eigenvalue weighted by atomic mass is 9.85. The Morgan fingerprint density at radius 3 is 2.93 bits per heavy atom. The molecule has 3 heterocycles. The Balaban J connectivity index is 1.78. The van der Waals surface area contributed by atoms with E-state index in [0.717, 1.165) is 30.6 Å². The standard InChI is InChI=1S/C22H26N4O3/c1-22-13-18(15-6-5-7-16(12-15)29-2)26(21(28)17-14-23-10-11-24-17)19(22)8-3-4-9-20(27)25-22/h5-7,10-12,14,18-19H,3-4,8-9,13H2,1-2H3,(H,25,27)/t18-,19-,22-/m0/s1. The molecule has 0 radical (unpaired) electrons. The average Bonchev–Trinajstić information content (AvgIpc) is 3.01. The molecule has 0 saturated carbocycles. The lowest BCUT2D eigenvalue weighted by Gasteiger charge is -2.38. The number of nitrogens with one attached hydrogen (secondary N) is 1. The Bertz CT molecular complexity index is 904. The molecule has 0 aliphatic carbocycles. The van der Waals surface area contributed by atoms with Gasteiger partial charge in [0.1, 0.15) is 11.4 Å². The Labute approximate surface area is 170 Å². The van der Waals surface area contributed by atoms with Gasteiger partial charge in [-0.25, -0.2) is 4.98 Å². The van der Waals surface area contributed by atoms with Crippen LogP contribution in [0.25, 0.3) is 0 Å². The number of amides is 2. The molecule has 2 fully saturated rings. The molecule has 2 saturated heterocycles. The van der Waals surface area contributed by atoms with Gasteiger partial charge in [-0.2, -0.15) is 0 Å². The maximum atomic E-state index is 13.5. The lowest BCUT2D eigenvalue weighted by Crippen LogP contribution is -2.56. The molecule has 2 aliphatic rings. The predicted octanol–water partition coefficient (Wildman–Crippen LogP) is 2.89. The molecular weight excluding hydrogens is 368 g/mol. The van der Waals surface area contributed by atoms with Crippen molar-refractivity contribution in [3.63, 3.8) is 0 Å². The Morgan fingerprint density at radius 1 is 1.31 bits per heavy atom. The van der Waals surface area contributed by atoms with Gasteiger partial charge in [-0.05, 0) is 43.9 Å². The quantitative estimate of drug-likeness (QED) is 0.865. The second-order valence-electron chi connectivity index (χ2n) is 8.03. The van der Waals surface area contributed by atoms with Gasteiger partial charge in [-0.1, -0.05) is 18.6 Å². The molecule has 152 valence electrons. The summed E-state index contributed by atoms with van der Waals surface area (Å²) in [5.41, 5.74) is 0.810. The van der Waals surface area contributed by atoms with Crippen LogP contribution < -0.4 is 10.1 Å². The fourth-order valence-electron chi connectivity index (χ4n) is 4.71. The second kappa shape index (κ2) is 7.81. The van der Waals surface area contributed by atoms with Crippen LogP contribution in [0.3, 0.4) is 0 Å². The van der Waals surface area contributed by atoms with Crippen LogP contribution in [-0.2, 0) is 4.79 Å². The van der Waals surface area contributed by atoms with E-state index >= 15 is 0 Å². The molecular formula is C22H26N4O3. The third-order valence-electron chi connectivity index (χ3n) is 6.08. The van der Waals surface area contributed by atoms with Gasteiger partial charge in [0.2, 0.25) is 5.91 Å². The summed E-state index contributed by atoms with van der Waals surface area (Å²) in [5.74, 6) is 0.637. The highest BCUT2D eigenvalue weighted by molar-refractivity contribution is 5.93. The molecule has 3 atom stereocenters. The van der Waals surface area contributed by atoms with E-state index < -0.39 is 5.54 Å². The first-order valence-electron chi connectivity index (χ1n) is 10.1. The number of carbonyl (C=O) groups excluding carboxylic acids is 2. The van der Waals surface area contributed by atoms with Gasteiger partial charge in [0.15, 0.2) is 0 Å². The topological polar surface area (TPSA) is 84.4 Å². The van der Waals surface area contributed by atoms with Crippen LogP contribution in [0.15, 0.2) is 42.9 Å². The average molecular weight is 394 g/mol. The minimum absolute atomic E-state index is 0.0513. The van der Waals surface area contributed by atoms with E-state index in [1.807, 2.05) is 29.2 Å². The van der Waals surface area contributed by atoms with E-state index in [1.165, 1.54) is 12.4 Å². The van der Waals surface area contributed by atoms with Crippen molar-refractivity contribution >= 4 is 11.8 Å². The molecule has 1 aromatic carbocycles. The molecule has 0 unspecified atom stereocenters. The number of methoxy groups -OCH3 is 1. The molecule has 2 aliphatic heterocycles. The van der Waals surface area contributed by atoms with Gasteiger partial charge in [0.05, 0.1) is 30.9 Å². The normalized spacial score (nSPS) is 26.8. The second-order valence-corrected chi connectivity index (χ2v) is 8.03. The van der Waals surface area contributed by atoms with Crippen LogP contribution in [0.4, 0.5) is 0 Å². The van der Waals surface area contributed by atoms with Crippen molar-refractivity contribution in [1.82, 2.24) is 20.2 Å². The van der Waals surface area contributed by atoms with Crippen LogP contribution in [0.2, 0.25) is 0 Å². The highest BCUT2D eigenvalue weighted by Crippen LogP contribution is 2.46. The molecule has 1 N–H and O–H groups in total. The molecule has 7 nitrogen and oxygen atoms in total. The largest absolute Gasteiger partial charge is 0.497 e. The summed E-state index contributed by atoms with van der Waals surface area (Å²) in [6.07, 6.45) is 8.33. The highest BCUT2D eigenvalue weighted by atomic mass is 16.5. The van der Waals surface area contributed by atoms with Crippen molar-refractivity contribution in [2.75, 3.05) is 7.11 Å². The fourth-order valence-corrected chi connectivity index (χ4v) is 4.71. The van der Waals surface area contributed by atoms with Crippen LogP contribution in [0, 0.1) is 0 Å². The predicted molar refractivity (Wildman–Crippen MR) is 107 cm³/mol. The lowest BCUT2D eigenvalue weighted by molar-refractivity contribution is -0.123. The first kappa shape index (κ1) is 19.4. The number of hydrogen-bond acceptors (Lipinski definition) is 5. The first-order valence-corrected chi connectivity index (χ1v) is 10.1. The summed E-state index contributed by atoms with van der Waals surface area (Å²) < 4.78 is 5.40. The van der Waals surface area contributed by atoms with Crippen molar-refractivity contribution in [3.05, 3.63) is 54.1 Å². The minimum atomic E-state index is -0.497. The number of nitrogens with zero attached hydrogens (tertiary/aromatic N) is 3. The number of hydrogen-bond donors (Lipinski definition) is 1. The van der Waals surface area contributed by atoms with E-state index in [9.17, 15) is 9.59 Å². The van der Waals surface area contributed by atoms with Crippen LogP contribution in [0.5, 0.6) is 5.75 Å². The molecule has 4 rings (SSSR count). The van der Waals surface area contributed by atoms with Crippen LogP contribution in [-0.4, -0.2) is 45.4 Å². The molecule has 29 heavy (non-hydrogen) atoms. The third kappa shape index (κ3) is 3.69. The van der Waals surface area contributed by atoms with E-state index in [-0.39, 0.29) is 23.9 Å². The monoisotopic (exact) mass is 394 g/mol. The molecule has 0 spiro atoms. The Kier molecular flexibility index (Phi) is 5.22. The smallest absolute Gasteiger partial charge is 0.274 e. The van der Waals surface area contributed by atoms with E-state index in [1.54, 1.807) is 13.3 Å². The number of fused-ring (bicyclic) bond motifs is 1. The van der Waals surface area contributed by atoms with Crippen molar-refractivity contribution in [2.45, 2.75) is 56.7 Å². The molecule has 7 heteroatoms. The number of carbonyl (C=O) groups is 2. The number of aromatic nitrogens is 2. The summed E-state index contributed by atoms with van der Waals surface area (Å²) in [4.78, 5) is 36.2. The zero-order chi connectivity index (χ0) is 20.4. The zero-order valence-corrected chi connectivity index (χ0v) is 16.8.